The Balaban J connectivity index is 1.96. The first-order valence-electron chi connectivity index (χ1n) is 6.67. The highest BCUT2D eigenvalue weighted by Gasteiger charge is 2.06. The number of amides is 1. The van der Waals surface area contributed by atoms with Crippen molar-refractivity contribution >= 4 is 27.5 Å². The fraction of sp³-hybridized carbons (Fsp3) is 0.235. The highest BCUT2D eigenvalue weighted by atomic mass is 79.9. The minimum absolute atomic E-state index is 0.0504. The van der Waals surface area contributed by atoms with E-state index in [9.17, 15) is 4.79 Å². The maximum atomic E-state index is 12.0. The molecule has 1 amide bonds. The summed E-state index contributed by atoms with van der Waals surface area (Å²) >= 11 is 3.42. The first-order valence-corrected chi connectivity index (χ1v) is 7.46. The van der Waals surface area contributed by atoms with E-state index in [1.165, 1.54) is 11.1 Å². The van der Waals surface area contributed by atoms with Gasteiger partial charge in [0.25, 0.3) is 0 Å². The van der Waals surface area contributed by atoms with Crippen molar-refractivity contribution in [3.8, 4) is 0 Å². The largest absolute Gasteiger partial charge is 0.326 e. The topological polar surface area (TPSA) is 29.1 Å². The third-order valence-electron chi connectivity index (χ3n) is 3.36. The normalized spacial score (nSPS) is 10.3. The SMILES string of the molecule is Cc1ccccc1CCC(=O)Nc1cc(Br)ccc1C. The molecule has 0 saturated heterocycles. The van der Waals surface area contributed by atoms with Gasteiger partial charge in [-0.15, -0.1) is 0 Å². The molecule has 2 nitrogen and oxygen atoms in total. The Kier molecular flexibility index (Phi) is 4.96. The molecular formula is C17H18BrNO. The molecule has 0 spiro atoms. The molecule has 0 heterocycles. The van der Waals surface area contributed by atoms with Crippen LogP contribution in [-0.4, -0.2) is 5.91 Å². The van der Waals surface area contributed by atoms with Gasteiger partial charge in [0.2, 0.25) is 5.91 Å². The lowest BCUT2D eigenvalue weighted by atomic mass is 10.0. The smallest absolute Gasteiger partial charge is 0.224 e. The Morgan fingerprint density at radius 2 is 1.85 bits per heavy atom. The molecule has 0 atom stereocenters. The van der Waals surface area contributed by atoms with Crippen LogP contribution in [0.1, 0.15) is 23.1 Å². The monoisotopic (exact) mass is 331 g/mol. The lowest BCUT2D eigenvalue weighted by molar-refractivity contribution is -0.116. The molecule has 1 N–H and O–H groups in total. The van der Waals surface area contributed by atoms with Gasteiger partial charge >= 0.3 is 0 Å². The van der Waals surface area contributed by atoms with Crippen LogP contribution in [0.15, 0.2) is 46.9 Å². The van der Waals surface area contributed by atoms with Gasteiger partial charge in [-0.3, -0.25) is 4.79 Å². The number of nitrogens with one attached hydrogen (secondary N) is 1. The van der Waals surface area contributed by atoms with Gasteiger partial charge in [0.1, 0.15) is 0 Å². The van der Waals surface area contributed by atoms with Gasteiger partial charge in [0.15, 0.2) is 0 Å². The van der Waals surface area contributed by atoms with Crippen LogP contribution in [0.25, 0.3) is 0 Å². The molecule has 0 aliphatic rings. The van der Waals surface area contributed by atoms with Crippen molar-refractivity contribution in [3.05, 3.63) is 63.6 Å². The number of benzene rings is 2. The van der Waals surface area contributed by atoms with Gasteiger partial charge in [-0.2, -0.15) is 0 Å². The molecule has 20 heavy (non-hydrogen) atoms. The summed E-state index contributed by atoms with van der Waals surface area (Å²) in [5.41, 5.74) is 4.40. The van der Waals surface area contributed by atoms with Crippen LogP contribution >= 0.6 is 15.9 Å². The average molecular weight is 332 g/mol. The Hall–Kier alpha value is -1.61. The molecule has 0 aromatic heterocycles. The summed E-state index contributed by atoms with van der Waals surface area (Å²) in [5, 5.41) is 2.97. The third-order valence-corrected chi connectivity index (χ3v) is 3.85. The molecule has 2 aromatic rings. The summed E-state index contributed by atoms with van der Waals surface area (Å²) < 4.78 is 0.970. The highest BCUT2D eigenvalue weighted by Crippen LogP contribution is 2.21. The van der Waals surface area contributed by atoms with Crippen molar-refractivity contribution in [2.24, 2.45) is 0 Å². The van der Waals surface area contributed by atoms with Gasteiger partial charge in [-0.05, 0) is 49.1 Å². The zero-order valence-electron chi connectivity index (χ0n) is 11.7. The number of hydrogen-bond donors (Lipinski definition) is 1. The maximum absolute atomic E-state index is 12.0. The molecule has 0 radical (unpaired) electrons. The number of aryl methyl sites for hydroxylation is 3. The van der Waals surface area contributed by atoms with Crippen LogP contribution in [0, 0.1) is 13.8 Å². The summed E-state index contributed by atoms with van der Waals surface area (Å²) in [6, 6.07) is 14.1. The van der Waals surface area contributed by atoms with Crippen LogP contribution in [0.5, 0.6) is 0 Å². The van der Waals surface area contributed by atoms with Gasteiger partial charge in [0.05, 0.1) is 0 Å². The number of rotatable bonds is 4. The average Bonchev–Trinajstić information content (AvgIpc) is 2.42. The van der Waals surface area contributed by atoms with Gasteiger partial charge < -0.3 is 5.32 Å². The Morgan fingerprint density at radius 3 is 2.60 bits per heavy atom. The number of hydrogen-bond acceptors (Lipinski definition) is 1. The summed E-state index contributed by atoms with van der Waals surface area (Å²) in [6.45, 7) is 4.06. The minimum Gasteiger partial charge on any atom is -0.326 e. The van der Waals surface area contributed by atoms with Crippen molar-refractivity contribution in [3.63, 3.8) is 0 Å². The number of carbonyl (C=O) groups is 1. The molecule has 0 aliphatic carbocycles. The second-order valence-corrected chi connectivity index (χ2v) is 5.85. The third kappa shape index (κ3) is 3.94. The number of anilines is 1. The summed E-state index contributed by atoms with van der Waals surface area (Å²) in [6.07, 6.45) is 1.27. The molecule has 0 saturated carbocycles. The van der Waals surface area contributed by atoms with Crippen molar-refractivity contribution in [1.29, 1.82) is 0 Å². The van der Waals surface area contributed by atoms with E-state index in [2.05, 4.69) is 40.3 Å². The van der Waals surface area contributed by atoms with Gasteiger partial charge in [-0.1, -0.05) is 46.3 Å². The lowest BCUT2D eigenvalue weighted by Gasteiger charge is -2.09. The van der Waals surface area contributed by atoms with Crippen LogP contribution in [0.3, 0.4) is 0 Å². The molecule has 0 unspecified atom stereocenters. The van der Waals surface area contributed by atoms with Crippen LogP contribution < -0.4 is 5.32 Å². The predicted molar refractivity (Wildman–Crippen MR) is 87.0 cm³/mol. The van der Waals surface area contributed by atoms with Crippen molar-refractivity contribution in [1.82, 2.24) is 0 Å². The number of halogens is 1. The minimum atomic E-state index is 0.0504. The first kappa shape index (κ1) is 14.8. The zero-order valence-corrected chi connectivity index (χ0v) is 13.3. The van der Waals surface area contributed by atoms with Gasteiger partial charge in [0, 0.05) is 16.6 Å². The maximum Gasteiger partial charge on any atom is 0.224 e. The van der Waals surface area contributed by atoms with Gasteiger partial charge in [-0.25, -0.2) is 0 Å². The lowest BCUT2D eigenvalue weighted by Crippen LogP contribution is -2.13. The second kappa shape index (κ2) is 6.71. The summed E-state index contributed by atoms with van der Waals surface area (Å²) in [5.74, 6) is 0.0504. The predicted octanol–water partition coefficient (Wildman–Crippen LogP) is 4.64. The fourth-order valence-corrected chi connectivity index (χ4v) is 2.44. The Morgan fingerprint density at radius 1 is 1.10 bits per heavy atom. The molecule has 0 aliphatic heterocycles. The quantitative estimate of drug-likeness (QED) is 0.868. The standard InChI is InChI=1S/C17H18BrNO/c1-12-5-3-4-6-14(12)8-10-17(20)19-16-11-15(18)9-7-13(16)2/h3-7,9,11H,8,10H2,1-2H3,(H,19,20). The zero-order chi connectivity index (χ0) is 14.5. The first-order chi connectivity index (χ1) is 9.56. The fourth-order valence-electron chi connectivity index (χ4n) is 2.08. The highest BCUT2D eigenvalue weighted by molar-refractivity contribution is 9.10. The molecular weight excluding hydrogens is 314 g/mol. The molecule has 3 heteroatoms. The number of carbonyl (C=O) groups excluding carboxylic acids is 1. The summed E-state index contributed by atoms with van der Waals surface area (Å²) in [7, 11) is 0. The van der Waals surface area contributed by atoms with E-state index in [0.29, 0.717) is 6.42 Å². The van der Waals surface area contributed by atoms with Crippen LogP contribution in [0.2, 0.25) is 0 Å². The van der Waals surface area contributed by atoms with E-state index in [0.717, 1.165) is 22.1 Å². The van der Waals surface area contributed by atoms with E-state index < -0.39 is 0 Å². The van der Waals surface area contributed by atoms with E-state index in [-0.39, 0.29) is 5.91 Å². The second-order valence-electron chi connectivity index (χ2n) is 4.93. The molecule has 2 rings (SSSR count). The van der Waals surface area contributed by atoms with Crippen molar-refractivity contribution in [2.45, 2.75) is 26.7 Å². The molecule has 0 bridgehead atoms. The molecule has 104 valence electrons. The molecule has 0 fully saturated rings. The Labute approximate surface area is 128 Å². The van der Waals surface area contributed by atoms with E-state index in [1.807, 2.05) is 37.3 Å². The van der Waals surface area contributed by atoms with E-state index in [4.69, 9.17) is 0 Å². The van der Waals surface area contributed by atoms with Crippen LogP contribution in [0.4, 0.5) is 5.69 Å². The summed E-state index contributed by atoms with van der Waals surface area (Å²) in [4.78, 5) is 12.0. The van der Waals surface area contributed by atoms with Crippen molar-refractivity contribution in [2.75, 3.05) is 5.32 Å². The van der Waals surface area contributed by atoms with Crippen LogP contribution in [-0.2, 0) is 11.2 Å². The van der Waals surface area contributed by atoms with E-state index in [1.54, 1.807) is 0 Å². The Bertz CT molecular complexity index is 622. The molecule has 2 aromatic carbocycles. The van der Waals surface area contributed by atoms with Crippen molar-refractivity contribution < 1.29 is 4.79 Å². The van der Waals surface area contributed by atoms with E-state index >= 15 is 0 Å².